The molecule has 0 unspecified atom stereocenters. The molecule has 0 aliphatic carbocycles. The van der Waals surface area contributed by atoms with Crippen LogP contribution in [0.5, 0.6) is 17.2 Å². The van der Waals surface area contributed by atoms with Crippen molar-refractivity contribution < 1.29 is 28.6 Å². The molecule has 0 bridgehead atoms. The fourth-order valence-electron chi connectivity index (χ4n) is 2.96. The molecule has 0 spiro atoms. The summed E-state index contributed by atoms with van der Waals surface area (Å²) in [6.45, 7) is 1.87. The number of benzene rings is 3. The first-order valence-electron chi connectivity index (χ1n) is 10.3. The molecular formula is C25H22BrN3O6. The summed E-state index contributed by atoms with van der Waals surface area (Å²) in [5, 5.41) is 6.31. The molecule has 0 aromatic heterocycles. The van der Waals surface area contributed by atoms with Crippen LogP contribution in [0.25, 0.3) is 0 Å². The molecular weight excluding hydrogens is 518 g/mol. The molecule has 180 valence electrons. The van der Waals surface area contributed by atoms with Gasteiger partial charge in [0.1, 0.15) is 5.75 Å². The summed E-state index contributed by atoms with van der Waals surface area (Å²) in [7, 11) is 2.96. The second-order valence-electron chi connectivity index (χ2n) is 7.16. The molecule has 3 aromatic carbocycles. The van der Waals surface area contributed by atoms with Crippen molar-refractivity contribution >= 4 is 45.6 Å². The molecule has 3 aromatic rings. The second-order valence-corrected chi connectivity index (χ2v) is 8.08. The summed E-state index contributed by atoms with van der Waals surface area (Å²) in [4.78, 5) is 36.9. The summed E-state index contributed by atoms with van der Waals surface area (Å²) >= 11 is 3.35. The van der Waals surface area contributed by atoms with Gasteiger partial charge in [-0.2, -0.15) is 5.10 Å². The van der Waals surface area contributed by atoms with Crippen LogP contribution in [0, 0.1) is 6.92 Å². The fourth-order valence-corrected chi connectivity index (χ4v) is 3.34. The van der Waals surface area contributed by atoms with E-state index in [9.17, 15) is 14.4 Å². The number of halogens is 1. The molecule has 0 atom stereocenters. The highest BCUT2D eigenvalue weighted by molar-refractivity contribution is 9.10. The Kier molecular flexibility index (Phi) is 8.58. The zero-order valence-corrected chi connectivity index (χ0v) is 20.7. The summed E-state index contributed by atoms with van der Waals surface area (Å²) in [5.41, 5.74) is 4.21. The highest BCUT2D eigenvalue weighted by Crippen LogP contribution is 2.29. The Morgan fingerprint density at radius 2 is 1.63 bits per heavy atom. The number of anilines is 1. The maximum Gasteiger partial charge on any atom is 0.343 e. The largest absolute Gasteiger partial charge is 0.493 e. The minimum atomic E-state index is -0.957. The van der Waals surface area contributed by atoms with E-state index in [0.29, 0.717) is 27.2 Å². The van der Waals surface area contributed by atoms with Crippen LogP contribution in [-0.2, 0) is 9.59 Å². The lowest BCUT2D eigenvalue weighted by Crippen LogP contribution is -2.32. The number of esters is 1. The van der Waals surface area contributed by atoms with Gasteiger partial charge in [-0.05, 0) is 61.0 Å². The fraction of sp³-hybridized carbons (Fsp3) is 0.120. The SMILES string of the molecule is COc1ccc(C(=O)Oc2ccc(Br)cc2/C=N/NC(=O)C(=O)Nc2cccc(C)c2)cc1OC. The van der Waals surface area contributed by atoms with Crippen LogP contribution in [0.2, 0.25) is 0 Å². The number of nitrogens with zero attached hydrogens (tertiary/aromatic N) is 1. The Balaban J connectivity index is 1.69. The Morgan fingerprint density at radius 3 is 2.34 bits per heavy atom. The molecule has 0 aliphatic heterocycles. The Labute approximate surface area is 210 Å². The number of hydrogen-bond acceptors (Lipinski definition) is 7. The van der Waals surface area contributed by atoms with Crippen molar-refractivity contribution in [3.8, 4) is 17.2 Å². The number of hydrazone groups is 1. The molecule has 0 saturated carbocycles. The third kappa shape index (κ3) is 6.90. The Morgan fingerprint density at radius 1 is 0.886 bits per heavy atom. The van der Waals surface area contributed by atoms with E-state index in [2.05, 4.69) is 31.8 Å². The molecule has 35 heavy (non-hydrogen) atoms. The van der Waals surface area contributed by atoms with Crippen LogP contribution in [0.15, 0.2) is 70.2 Å². The molecule has 2 amide bonds. The van der Waals surface area contributed by atoms with Crippen molar-refractivity contribution in [1.29, 1.82) is 0 Å². The third-order valence-electron chi connectivity index (χ3n) is 4.65. The van der Waals surface area contributed by atoms with Crippen molar-refractivity contribution in [2.24, 2.45) is 5.10 Å². The monoisotopic (exact) mass is 539 g/mol. The quantitative estimate of drug-likeness (QED) is 0.154. The summed E-state index contributed by atoms with van der Waals surface area (Å²) in [6, 6.07) is 16.6. The van der Waals surface area contributed by atoms with E-state index >= 15 is 0 Å². The van der Waals surface area contributed by atoms with Crippen LogP contribution in [0.1, 0.15) is 21.5 Å². The first-order valence-corrected chi connectivity index (χ1v) is 11.0. The van der Waals surface area contributed by atoms with E-state index in [1.54, 1.807) is 48.5 Å². The average molecular weight is 540 g/mol. The van der Waals surface area contributed by atoms with Crippen molar-refractivity contribution in [2.75, 3.05) is 19.5 Å². The van der Waals surface area contributed by atoms with E-state index in [1.807, 2.05) is 13.0 Å². The van der Waals surface area contributed by atoms with Crippen molar-refractivity contribution in [3.05, 3.63) is 81.8 Å². The highest BCUT2D eigenvalue weighted by Gasteiger charge is 2.16. The minimum Gasteiger partial charge on any atom is -0.493 e. The number of methoxy groups -OCH3 is 2. The third-order valence-corrected chi connectivity index (χ3v) is 5.14. The number of carbonyl (C=O) groups is 3. The van der Waals surface area contributed by atoms with Gasteiger partial charge in [-0.1, -0.05) is 28.1 Å². The number of carbonyl (C=O) groups excluding carboxylic acids is 3. The lowest BCUT2D eigenvalue weighted by atomic mass is 10.2. The van der Waals surface area contributed by atoms with E-state index in [4.69, 9.17) is 14.2 Å². The van der Waals surface area contributed by atoms with E-state index in [0.717, 1.165) is 5.56 Å². The van der Waals surface area contributed by atoms with Gasteiger partial charge in [-0.25, -0.2) is 10.2 Å². The lowest BCUT2D eigenvalue weighted by molar-refractivity contribution is -0.136. The van der Waals surface area contributed by atoms with Gasteiger partial charge >= 0.3 is 17.8 Å². The number of hydrogen-bond donors (Lipinski definition) is 2. The predicted molar refractivity (Wildman–Crippen MR) is 134 cm³/mol. The number of aryl methyl sites for hydroxylation is 1. The maximum atomic E-state index is 12.7. The van der Waals surface area contributed by atoms with E-state index in [-0.39, 0.29) is 11.3 Å². The molecule has 9 nitrogen and oxygen atoms in total. The molecule has 0 heterocycles. The summed E-state index contributed by atoms with van der Waals surface area (Å²) in [5.74, 6) is -1.42. The van der Waals surface area contributed by atoms with Crippen LogP contribution >= 0.6 is 15.9 Å². The first-order chi connectivity index (χ1) is 16.8. The highest BCUT2D eigenvalue weighted by atomic mass is 79.9. The van der Waals surface area contributed by atoms with Gasteiger partial charge in [0.2, 0.25) is 0 Å². The molecule has 10 heteroatoms. The first kappa shape index (κ1) is 25.4. The van der Waals surface area contributed by atoms with Gasteiger partial charge in [0, 0.05) is 15.7 Å². The normalized spacial score (nSPS) is 10.5. The predicted octanol–water partition coefficient (Wildman–Crippen LogP) is 4.08. The molecule has 3 rings (SSSR count). The van der Waals surface area contributed by atoms with Gasteiger partial charge < -0.3 is 19.5 Å². The van der Waals surface area contributed by atoms with E-state index in [1.165, 1.54) is 26.5 Å². The van der Waals surface area contributed by atoms with Gasteiger partial charge in [0.15, 0.2) is 11.5 Å². The Hall–Kier alpha value is -4.18. The number of rotatable bonds is 7. The molecule has 0 radical (unpaired) electrons. The topological polar surface area (TPSA) is 115 Å². The summed E-state index contributed by atoms with van der Waals surface area (Å²) in [6.07, 6.45) is 1.26. The smallest absolute Gasteiger partial charge is 0.343 e. The van der Waals surface area contributed by atoms with Gasteiger partial charge in [0.25, 0.3) is 0 Å². The van der Waals surface area contributed by atoms with Gasteiger partial charge in [-0.15, -0.1) is 0 Å². The van der Waals surface area contributed by atoms with Crippen LogP contribution in [-0.4, -0.2) is 38.2 Å². The number of amides is 2. The molecule has 0 saturated heterocycles. The molecule has 2 N–H and O–H groups in total. The van der Waals surface area contributed by atoms with Crippen molar-refractivity contribution in [3.63, 3.8) is 0 Å². The zero-order chi connectivity index (χ0) is 25.4. The molecule has 0 fully saturated rings. The summed E-state index contributed by atoms with van der Waals surface area (Å²) < 4.78 is 16.6. The number of nitrogens with one attached hydrogen (secondary N) is 2. The van der Waals surface area contributed by atoms with Crippen molar-refractivity contribution in [2.45, 2.75) is 6.92 Å². The van der Waals surface area contributed by atoms with Gasteiger partial charge in [-0.3, -0.25) is 9.59 Å². The van der Waals surface area contributed by atoms with Crippen molar-refractivity contribution in [1.82, 2.24) is 5.43 Å². The van der Waals surface area contributed by atoms with Crippen LogP contribution in [0.3, 0.4) is 0 Å². The second kappa shape index (κ2) is 11.8. The zero-order valence-electron chi connectivity index (χ0n) is 19.1. The standard InChI is InChI=1S/C25H22BrN3O6/c1-15-5-4-6-19(11-15)28-23(30)24(31)29-27-14-17-12-18(26)8-10-20(17)35-25(32)16-7-9-21(33-2)22(13-16)34-3/h4-14H,1-3H3,(H,28,30)(H,29,31)/b27-14+. The maximum absolute atomic E-state index is 12.7. The Bertz CT molecular complexity index is 1290. The molecule has 0 aliphatic rings. The van der Waals surface area contributed by atoms with Crippen LogP contribution < -0.4 is 25.0 Å². The average Bonchev–Trinajstić information content (AvgIpc) is 2.84. The van der Waals surface area contributed by atoms with Gasteiger partial charge in [0.05, 0.1) is 26.0 Å². The van der Waals surface area contributed by atoms with Crippen LogP contribution in [0.4, 0.5) is 5.69 Å². The van der Waals surface area contributed by atoms with E-state index < -0.39 is 17.8 Å². The minimum absolute atomic E-state index is 0.190. The lowest BCUT2D eigenvalue weighted by Gasteiger charge is -2.11. The number of ether oxygens (including phenoxy) is 3.